The van der Waals surface area contributed by atoms with Gasteiger partial charge in [-0.1, -0.05) is 23.2 Å². The van der Waals surface area contributed by atoms with Gasteiger partial charge in [0.05, 0.1) is 13.3 Å². The number of anilines is 3. The summed E-state index contributed by atoms with van der Waals surface area (Å²) in [5, 5.41) is 8.21. The Morgan fingerprint density at radius 2 is 1.73 bits per heavy atom. The molecule has 0 radical (unpaired) electrons. The SMILES string of the molecule is COc1ccc(/C=N/Nc2nc(Cl)cc(Nc3ccc(Cl)cc3)n2)cc1. The van der Waals surface area contributed by atoms with Crippen molar-refractivity contribution in [2.45, 2.75) is 0 Å². The van der Waals surface area contributed by atoms with Crippen molar-refractivity contribution >= 4 is 46.9 Å². The third-order valence-corrected chi connectivity index (χ3v) is 3.75. The number of hydrogen-bond donors (Lipinski definition) is 2. The van der Waals surface area contributed by atoms with E-state index < -0.39 is 0 Å². The predicted molar refractivity (Wildman–Crippen MR) is 106 cm³/mol. The van der Waals surface area contributed by atoms with E-state index in [1.54, 1.807) is 31.5 Å². The monoisotopic (exact) mass is 387 g/mol. The van der Waals surface area contributed by atoms with E-state index in [2.05, 4.69) is 25.8 Å². The van der Waals surface area contributed by atoms with Crippen LogP contribution in [0.5, 0.6) is 5.75 Å². The average molecular weight is 388 g/mol. The fraction of sp³-hybridized carbons (Fsp3) is 0.0556. The second kappa shape index (κ2) is 8.51. The van der Waals surface area contributed by atoms with Gasteiger partial charge in [0.2, 0.25) is 5.95 Å². The van der Waals surface area contributed by atoms with Crippen LogP contribution in [0.15, 0.2) is 59.7 Å². The van der Waals surface area contributed by atoms with Gasteiger partial charge in [0, 0.05) is 16.8 Å². The Kier molecular flexibility index (Phi) is 5.88. The van der Waals surface area contributed by atoms with Gasteiger partial charge in [-0.2, -0.15) is 15.1 Å². The van der Waals surface area contributed by atoms with E-state index >= 15 is 0 Å². The molecular weight excluding hydrogens is 373 g/mol. The molecule has 0 saturated heterocycles. The molecule has 0 fully saturated rings. The lowest BCUT2D eigenvalue weighted by molar-refractivity contribution is 0.415. The van der Waals surface area contributed by atoms with Crippen LogP contribution in [-0.4, -0.2) is 23.3 Å². The minimum atomic E-state index is 0.277. The minimum Gasteiger partial charge on any atom is -0.497 e. The van der Waals surface area contributed by atoms with Crippen LogP contribution in [-0.2, 0) is 0 Å². The first-order chi connectivity index (χ1) is 12.6. The summed E-state index contributed by atoms with van der Waals surface area (Å²) in [4.78, 5) is 8.42. The van der Waals surface area contributed by atoms with Crippen LogP contribution in [0.2, 0.25) is 10.2 Å². The molecule has 3 rings (SSSR count). The van der Waals surface area contributed by atoms with Crippen LogP contribution in [0, 0.1) is 0 Å². The first-order valence-electron chi connectivity index (χ1n) is 7.63. The summed E-state index contributed by atoms with van der Waals surface area (Å²) < 4.78 is 5.12. The van der Waals surface area contributed by atoms with Gasteiger partial charge in [0.15, 0.2) is 0 Å². The Bertz CT molecular complexity index is 898. The van der Waals surface area contributed by atoms with Gasteiger partial charge in [-0.05, 0) is 54.1 Å². The molecule has 0 saturated carbocycles. The fourth-order valence-electron chi connectivity index (χ4n) is 2.07. The maximum atomic E-state index is 6.05. The number of aromatic nitrogens is 2. The Balaban J connectivity index is 1.68. The lowest BCUT2D eigenvalue weighted by Crippen LogP contribution is -2.01. The summed E-state index contributed by atoms with van der Waals surface area (Å²) in [6.45, 7) is 0. The van der Waals surface area contributed by atoms with Gasteiger partial charge in [-0.15, -0.1) is 0 Å². The summed E-state index contributed by atoms with van der Waals surface area (Å²) >= 11 is 11.9. The molecule has 6 nitrogen and oxygen atoms in total. The second-order valence-electron chi connectivity index (χ2n) is 5.17. The molecule has 2 aromatic carbocycles. The van der Waals surface area contributed by atoms with Gasteiger partial charge in [0.25, 0.3) is 0 Å². The Hall–Kier alpha value is -2.83. The maximum Gasteiger partial charge on any atom is 0.246 e. The normalized spacial score (nSPS) is 10.7. The molecule has 0 bridgehead atoms. The minimum absolute atomic E-state index is 0.277. The summed E-state index contributed by atoms with van der Waals surface area (Å²) in [6, 6.07) is 16.3. The molecule has 0 spiro atoms. The number of hydrazone groups is 1. The summed E-state index contributed by atoms with van der Waals surface area (Å²) in [6.07, 6.45) is 1.65. The quantitative estimate of drug-likeness (QED) is 0.354. The highest BCUT2D eigenvalue weighted by atomic mass is 35.5. The fourth-order valence-corrected chi connectivity index (χ4v) is 2.38. The Morgan fingerprint density at radius 3 is 2.42 bits per heavy atom. The zero-order valence-electron chi connectivity index (χ0n) is 13.8. The van der Waals surface area contributed by atoms with E-state index in [1.807, 2.05) is 36.4 Å². The Morgan fingerprint density at radius 1 is 1.00 bits per heavy atom. The standard InChI is InChI=1S/C18H15Cl2N5O/c1-26-15-8-2-12(3-9-15)11-21-25-18-23-16(20)10-17(24-18)22-14-6-4-13(19)5-7-14/h2-11H,1H3,(H2,22,23,24,25)/b21-11+. The molecule has 0 aliphatic rings. The first-order valence-corrected chi connectivity index (χ1v) is 8.38. The van der Waals surface area contributed by atoms with Crippen LogP contribution in [0.4, 0.5) is 17.5 Å². The Labute approximate surface area is 160 Å². The van der Waals surface area contributed by atoms with Crippen LogP contribution in [0.3, 0.4) is 0 Å². The largest absolute Gasteiger partial charge is 0.497 e. The van der Waals surface area contributed by atoms with E-state index in [-0.39, 0.29) is 5.95 Å². The summed E-state index contributed by atoms with van der Waals surface area (Å²) in [5.41, 5.74) is 4.50. The molecule has 1 aromatic heterocycles. The van der Waals surface area contributed by atoms with E-state index in [4.69, 9.17) is 27.9 Å². The number of halogens is 2. The number of nitrogens with one attached hydrogen (secondary N) is 2. The van der Waals surface area contributed by atoms with Gasteiger partial charge < -0.3 is 10.1 Å². The van der Waals surface area contributed by atoms with Crippen molar-refractivity contribution in [3.05, 3.63) is 70.3 Å². The van der Waals surface area contributed by atoms with E-state index in [0.717, 1.165) is 17.0 Å². The van der Waals surface area contributed by atoms with Crippen molar-refractivity contribution in [3.63, 3.8) is 0 Å². The average Bonchev–Trinajstić information content (AvgIpc) is 2.64. The molecule has 0 atom stereocenters. The second-order valence-corrected chi connectivity index (χ2v) is 6.00. The van der Waals surface area contributed by atoms with Crippen molar-refractivity contribution in [2.75, 3.05) is 17.9 Å². The van der Waals surface area contributed by atoms with E-state index in [0.29, 0.717) is 16.0 Å². The summed E-state index contributed by atoms with van der Waals surface area (Å²) in [7, 11) is 1.62. The number of nitrogens with zero attached hydrogens (tertiary/aromatic N) is 3. The molecule has 1 heterocycles. The smallest absolute Gasteiger partial charge is 0.246 e. The molecule has 132 valence electrons. The van der Waals surface area contributed by atoms with Crippen molar-refractivity contribution < 1.29 is 4.74 Å². The lowest BCUT2D eigenvalue weighted by Gasteiger charge is -2.07. The molecule has 3 aromatic rings. The van der Waals surface area contributed by atoms with Crippen molar-refractivity contribution in [3.8, 4) is 5.75 Å². The van der Waals surface area contributed by atoms with Crippen molar-refractivity contribution in [1.82, 2.24) is 9.97 Å². The summed E-state index contributed by atoms with van der Waals surface area (Å²) in [5.74, 6) is 1.60. The van der Waals surface area contributed by atoms with Gasteiger partial charge in [-0.3, -0.25) is 0 Å². The van der Waals surface area contributed by atoms with Crippen LogP contribution < -0.4 is 15.5 Å². The van der Waals surface area contributed by atoms with E-state index in [9.17, 15) is 0 Å². The molecule has 0 unspecified atom stereocenters. The van der Waals surface area contributed by atoms with E-state index in [1.165, 1.54) is 0 Å². The molecule has 0 amide bonds. The molecule has 0 aliphatic carbocycles. The third kappa shape index (κ3) is 5.08. The van der Waals surface area contributed by atoms with Crippen molar-refractivity contribution in [2.24, 2.45) is 5.10 Å². The highest BCUT2D eigenvalue weighted by molar-refractivity contribution is 6.30. The third-order valence-electron chi connectivity index (χ3n) is 3.31. The first kappa shape index (κ1) is 18.0. The maximum absolute atomic E-state index is 6.05. The molecule has 0 aliphatic heterocycles. The number of methoxy groups -OCH3 is 1. The topological polar surface area (TPSA) is 71.4 Å². The highest BCUT2D eigenvalue weighted by Crippen LogP contribution is 2.20. The molecule has 8 heteroatoms. The lowest BCUT2D eigenvalue weighted by atomic mass is 10.2. The number of rotatable bonds is 6. The zero-order valence-corrected chi connectivity index (χ0v) is 15.3. The van der Waals surface area contributed by atoms with Crippen LogP contribution in [0.1, 0.15) is 5.56 Å². The zero-order chi connectivity index (χ0) is 18.4. The molecule has 2 N–H and O–H groups in total. The number of hydrogen-bond acceptors (Lipinski definition) is 6. The van der Waals surface area contributed by atoms with Gasteiger partial charge in [-0.25, -0.2) is 5.43 Å². The van der Waals surface area contributed by atoms with Crippen molar-refractivity contribution in [1.29, 1.82) is 0 Å². The molecular formula is C18H15Cl2N5O. The number of ether oxygens (including phenoxy) is 1. The number of benzene rings is 2. The molecule has 26 heavy (non-hydrogen) atoms. The van der Waals surface area contributed by atoms with Crippen LogP contribution in [0.25, 0.3) is 0 Å². The predicted octanol–water partition coefficient (Wildman–Crippen LogP) is 4.98. The van der Waals surface area contributed by atoms with Gasteiger partial charge >= 0.3 is 0 Å². The highest BCUT2D eigenvalue weighted by Gasteiger charge is 2.03. The van der Waals surface area contributed by atoms with Gasteiger partial charge in [0.1, 0.15) is 16.7 Å². The van der Waals surface area contributed by atoms with Crippen LogP contribution >= 0.6 is 23.2 Å².